The van der Waals surface area contributed by atoms with Crippen LogP contribution in [0.4, 0.5) is 0 Å². The van der Waals surface area contributed by atoms with Crippen molar-refractivity contribution in [2.75, 3.05) is 12.9 Å². The zero-order valence-corrected chi connectivity index (χ0v) is 21.1. The summed E-state index contributed by atoms with van der Waals surface area (Å²) in [7, 11) is -1.47. The van der Waals surface area contributed by atoms with E-state index in [1.54, 1.807) is 31.4 Å². The number of azo groups is 1. The summed E-state index contributed by atoms with van der Waals surface area (Å²) in [6.45, 7) is 1.84. The second-order valence-corrected chi connectivity index (χ2v) is 11.2. The van der Waals surface area contributed by atoms with Crippen LogP contribution in [0.15, 0.2) is 42.4 Å². The lowest BCUT2D eigenvalue weighted by molar-refractivity contribution is 0.0512. The first-order chi connectivity index (χ1) is 16.3. The molecule has 2 aliphatic carbocycles. The minimum atomic E-state index is -1.47. The van der Waals surface area contributed by atoms with Crippen LogP contribution in [0.1, 0.15) is 76.3 Å². The summed E-state index contributed by atoms with van der Waals surface area (Å²) in [4.78, 5) is 29.8. The molecular formula is C23H23BrN4O5S. The number of aliphatic imine (C=N–C) groups is 1. The highest BCUT2D eigenvalue weighted by atomic mass is 79.9. The summed E-state index contributed by atoms with van der Waals surface area (Å²) in [5, 5.41) is 12.4. The van der Waals surface area contributed by atoms with Crippen LogP contribution in [0.25, 0.3) is 0 Å². The van der Waals surface area contributed by atoms with Crippen molar-refractivity contribution >= 4 is 44.3 Å². The number of carbonyl (C=O) groups excluding carboxylic acids is 2. The Kier molecular flexibility index (Phi) is 6.09. The van der Waals surface area contributed by atoms with E-state index >= 15 is 0 Å². The number of esters is 1. The molecule has 9 nitrogen and oxygen atoms in total. The number of ether oxygens (including phenoxy) is 1. The Hall–Kier alpha value is -2.53. The fourth-order valence-electron chi connectivity index (χ4n) is 3.96. The number of halogens is 1. The lowest BCUT2D eigenvalue weighted by Crippen LogP contribution is -2.31. The summed E-state index contributed by atoms with van der Waals surface area (Å²) in [5.74, 6) is 0.255. The van der Waals surface area contributed by atoms with E-state index in [9.17, 15) is 13.8 Å². The van der Waals surface area contributed by atoms with Gasteiger partial charge in [0.05, 0.1) is 17.4 Å². The first-order valence-electron chi connectivity index (χ1n) is 11.2. The van der Waals surface area contributed by atoms with E-state index in [0.29, 0.717) is 22.7 Å². The van der Waals surface area contributed by atoms with Gasteiger partial charge < -0.3 is 9.26 Å². The van der Waals surface area contributed by atoms with Gasteiger partial charge in [-0.2, -0.15) is 0 Å². The highest BCUT2D eigenvalue weighted by molar-refractivity contribution is 9.10. The van der Waals surface area contributed by atoms with Crippen molar-refractivity contribution < 1.29 is 23.1 Å². The third-order valence-electron chi connectivity index (χ3n) is 6.10. The molecule has 0 saturated heterocycles. The van der Waals surface area contributed by atoms with Gasteiger partial charge in [-0.05, 0) is 56.4 Å². The maximum atomic E-state index is 13.9. The molecule has 2 atom stereocenters. The smallest absolute Gasteiger partial charge is 0.361 e. The maximum absolute atomic E-state index is 13.9. The highest BCUT2D eigenvalue weighted by Crippen LogP contribution is 2.44. The van der Waals surface area contributed by atoms with Gasteiger partial charge in [0.25, 0.3) is 4.99 Å². The highest BCUT2D eigenvalue weighted by Gasteiger charge is 2.44. The van der Waals surface area contributed by atoms with E-state index in [-0.39, 0.29) is 36.1 Å². The Morgan fingerprint density at radius 1 is 1.24 bits per heavy atom. The lowest BCUT2D eigenvalue weighted by Gasteiger charge is -2.20. The molecule has 2 aromatic rings. The molecule has 3 aliphatic rings. The lowest BCUT2D eigenvalue weighted by atomic mass is 9.93. The van der Waals surface area contributed by atoms with Crippen molar-refractivity contribution in [2.45, 2.75) is 49.9 Å². The molecule has 0 bridgehead atoms. The van der Waals surface area contributed by atoms with Gasteiger partial charge >= 0.3 is 5.97 Å². The number of benzene rings is 1. The minimum absolute atomic E-state index is 0.0531. The summed E-state index contributed by atoms with van der Waals surface area (Å²) >= 11 is 3.47. The molecule has 2 fully saturated rings. The molecule has 2 unspecified atom stereocenters. The number of hydrogen-bond donors (Lipinski definition) is 0. The molecule has 11 heteroatoms. The van der Waals surface area contributed by atoms with Crippen LogP contribution < -0.4 is 0 Å². The van der Waals surface area contributed by atoms with E-state index in [1.807, 2.05) is 0 Å². The van der Waals surface area contributed by atoms with Gasteiger partial charge in [0, 0.05) is 34.5 Å². The van der Waals surface area contributed by atoms with Crippen LogP contribution >= 0.6 is 15.9 Å². The molecule has 2 saturated carbocycles. The maximum Gasteiger partial charge on any atom is 0.361 e. The van der Waals surface area contributed by atoms with Gasteiger partial charge in [-0.3, -0.25) is 9.00 Å². The average Bonchev–Trinajstić information content (AvgIpc) is 3.74. The fourth-order valence-corrected chi connectivity index (χ4v) is 5.11. The Morgan fingerprint density at radius 3 is 2.62 bits per heavy atom. The molecule has 0 N–H and O–H groups in total. The average molecular weight is 547 g/mol. The molecule has 0 spiro atoms. The number of rotatable bonds is 9. The van der Waals surface area contributed by atoms with Crippen LogP contribution in [0.3, 0.4) is 0 Å². The fraction of sp³-hybridized carbons (Fsp3) is 0.478. The largest absolute Gasteiger partial charge is 0.461 e. The summed E-state index contributed by atoms with van der Waals surface area (Å²) < 4.78 is 24.1. The minimum Gasteiger partial charge on any atom is -0.461 e. The van der Waals surface area contributed by atoms with Crippen molar-refractivity contribution in [3.63, 3.8) is 0 Å². The molecule has 5 rings (SSSR count). The van der Waals surface area contributed by atoms with Gasteiger partial charge in [-0.15, -0.1) is 10.2 Å². The molecule has 2 heterocycles. The molecule has 1 aliphatic heterocycles. The van der Waals surface area contributed by atoms with E-state index in [4.69, 9.17) is 9.26 Å². The first kappa shape index (κ1) is 23.2. The van der Waals surface area contributed by atoms with E-state index < -0.39 is 27.5 Å². The van der Waals surface area contributed by atoms with Gasteiger partial charge in [-0.1, -0.05) is 21.1 Å². The SMILES string of the molecule is CCOC(=O)c1noc(C2CC2)c1C(=O)c1ccc(Br)cc1CC1(S(C)=O)N=NC(C2CC2)=N1. The van der Waals surface area contributed by atoms with Crippen molar-refractivity contribution in [1.82, 2.24) is 5.16 Å². The number of ketones is 1. The zero-order valence-electron chi connectivity index (χ0n) is 18.7. The number of amidine groups is 1. The van der Waals surface area contributed by atoms with Crippen molar-refractivity contribution in [2.24, 2.45) is 21.1 Å². The van der Waals surface area contributed by atoms with E-state index in [0.717, 1.165) is 30.2 Å². The predicted octanol–water partition coefficient (Wildman–Crippen LogP) is 4.57. The Bertz CT molecular complexity index is 1260. The standard InChI is InChI=1S/C23H23BrN4O5S/c1-3-32-22(30)18-17(20(33-27-18)12-4-5-12)19(29)16-9-8-15(24)10-14(16)11-23(34(2)31)25-21(26-28-23)13-6-7-13/h8-10,12-13H,3-7,11H2,1-2H3. The second kappa shape index (κ2) is 8.92. The van der Waals surface area contributed by atoms with Gasteiger partial charge in [0.1, 0.15) is 5.56 Å². The van der Waals surface area contributed by atoms with Crippen LogP contribution in [0.5, 0.6) is 0 Å². The normalized spacial score (nSPS) is 22.5. The van der Waals surface area contributed by atoms with Crippen molar-refractivity contribution in [3.8, 4) is 0 Å². The van der Waals surface area contributed by atoms with Crippen LogP contribution in [-0.2, 0) is 22.0 Å². The molecule has 178 valence electrons. The van der Waals surface area contributed by atoms with Crippen LogP contribution in [0, 0.1) is 5.92 Å². The molecule has 34 heavy (non-hydrogen) atoms. The molecule has 0 radical (unpaired) electrons. The Balaban J connectivity index is 1.56. The van der Waals surface area contributed by atoms with Crippen molar-refractivity contribution in [3.05, 3.63) is 50.8 Å². The molecular weight excluding hydrogens is 524 g/mol. The van der Waals surface area contributed by atoms with Gasteiger partial charge in [0.2, 0.25) is 5.69 Å². The number of carbonyl (C=O) groups is 2. The number of nitrogens with zero attached hydrogens (tertiary/aromatic N) is 4. The molecule has 0 amide bonds. The second-order valence-electron chi connectivity index (χ2n) is 8.71. The Labute approximate surface area is 207 Å². The summed E-state index contributed by atoms with van der Waals surface area (Å²) in [5.41, 5.74) is 0.943. The quantitative estimate of drug-likeness (QED) is 0.335. The van der Waals surface area contributed by atoms with Gasteiger partial charge in [0.15, 0.2) is 17.4 Å². The summed E-state index contributed by atoms with van der Waals surface area (Å²) in [6.07, 6.45) is 5.39. The van der Waals surface area contributed by atoms with Gasteiger partial charge in [-0.25, -0.2) is 9.79 Å². The van der Waals surface area contributed by atoms with Crippen molar-refractivity contribution in [1.29, 1.82) is 0 Å². The topological polar surface area (TPSA) is 124 Å². The van der Waals surface area contributed by atoms with E-state index in [1.165, 1.54) is 0 Å². The summed E-state index contributed by atoms with van der Waals surface area (Å²) in [6, 6.07) is 5.20. The molecule has 1 aromatic heterocycles. The third-order valence-corrected chi connectivity index (χ3v) is 7.83. The Morgan fingerprint density at radius 2 is 1.97 bits per heavy atom. The number of aromatic nitrogens is 1. The predicted molar refractivity (Wildman–Crippen MR) is 128 cm³/mol. The van der Waals surface area contributed by atoms with Crippen LogP contribution in [-0.4, -0.2) is 44.8 Å². The molecule has 1 aromatic carbocycles. The third kappa shape index (κ3) is 4.31. The monoisotopic (exact) mass is 546 g/mol. The first-order valence-corrected chi connectivity index (χ1v) is 13.5. The van der Waals surface area contributed by atoms with E-state index in [2.05, 4.69) is 36.3 Å². The zero-order chi connectivity index (χ0) is 24.0. The van der Waals surface area contributed by atoms with Crippen LogP contribution in [0.2, 0.25) is 0 Å². The number of hydrogen-bond acceptors (Lipinski definition) is 9.